The van der Waals surface area contributed by atoms with E-state index in [2.05, 4.69) is 11.3 Å². The summed E-state index contributed by atoms with van der Waals surface area (Å²) >= 11 is 0. The zero-order valence-corrected chi connectivity index (χ0v) is 11.3. The second-order valence-corrected chi connectivity index (χ2v) is 3.60. The SMILES string of the molecule is C=CC(=O)O.O=C(O)CCOC(=O)/C=C/c1ccccc1. The Bertz CT molecular complexity index is 504. The maximum atomic E-state index is 11.1. The summed E-state index contributed by atoms with van der Waals surface area (Å²) in [5.74, 6) is -2.50. The van der Waals surface area contributed by atoms with E-state index in [9.17, 15) is 14.4 Å². The van der Waals surface area contributed by atoms with E-state index in [1.165, 1.54) is 6.08 Å². The standard InChI is InChI=1S/C12H12O4.C3H4O2/c13-11(14)8-9-16-12(15)7-6-10-4-2-1-3-5-10;1-2-3(4)5/h1-7H,8-9H2,(H,13,14);2H,1H2,(H,4,5)/b7-6+;. The molecule has 21 heavy (non-hydrogen) atoms. The second-order valence-electron chi connectivity index (χ2n) is 3.60. The van der Waals surface area contributed by atoms with Crippen LogP contribution in [-0.4, -0.2) is 34.7 Å². The van der Waals surface area contributed by atoms with E-state index >= 15 is 0 Å². The van der Waals surface area contributed by atoms with Gasteiger partial charge in [-0.3, -0.25) is 4.79 Å². The van der Waals surface area contributed by atoms with Crippen molar-refractivity contribution in [2.45, 2.75) is 6.42 Å². The summed E-state index contributed by atoms with van der Waals surface area (Å²) < 4.78 is 4.67. The Hall–Kier alpha value is -2.89. The van der Waals surface area contributed by atoms with Crippen molar-refractivity contribution in [1.29, 1.82) is 0 Å². The number of carboxylic acids is 2. The summed E-state index contributed by atoms with van der Waals surface area (Å²) in [7, 11) is 0. The Balaban J connectivity index is 0.000000690. The fourth-order valence-corrected chi connectivity index (χ4v) is 1.02. The highest BCUT2D eigenvalue weighted by molar-refractivity contribution is 5.87. The van der Waals surface area contributed by atoms with Gasteiger partial charge < -0.3 is 14.9 Å². The number of esters is 1. The molecule has 2 N–H and O–H groups in total. The number of aliphatic carboxylic acids is 2. The van der Waals surface area contributed by atoms with Crippen molar-refractivity contribution in [3.05, 3.63) is 54.6 Å². The summed E-state index contributed by atoms with van der Waals surface area (Å²) in [6.07, 6.45) is 3.55. The van der Waals surface area contributed by atoms with Gasteiger partial charge >= 0.3 is 17.9 Å². The molecule has 0 aliphatic carbocycles. The first-order valence-corrected chi connectivity index (χ1v) is 5.92. The average Bonchev–Trinajstić information content (AvgIpc) is 2.46. The molecule has 6 heteroatoms. The van der Waals surface area contributed by atoms with Crippen molar-refractivity contribution in [3.8, 4) is 0 Å². The summed E-state index contributed by atoms with van der Waals surface area (Å²) in [5, 5.41) is 15.9. The number of hydrogen-bond donors (Lipinski definition) is 2. The molecule has 0 amide bonds. The fourth-order valence-electron chi connectivity index (χ4n) is 1.02. The largest absolute Gasteiger partial charge is 0.481 e. The third-order valence-corrected chi connectivity index (χ3v) is 1.95. The average molecular weight is 292 g/mol. The number of ether oxygens (including phenoxy) is 1. The van der Waals surface area contributed by atoms with Crippen LogP contribution in [0.2, 0.25) is 0 Å². The first-order chi connectivity index (χ1) is 9.95. The predicted molar refractivity (Wildman–Crippen MR) is 76.5 cm³/mol. The lowest BCUT2D eigenvalue weighted by Crippen LogP contribution is -2.06. The highest BCUT2D eigenvalue weighted by Crippen LogP contribution is 2.01. The zero-order chi connectivity index (χ0) is 16.1. The molecule has 1 rings (SSSR count). The molecule has 0 fully saturated rings. The molecule has 0 heterocycles. The van der Waals surface area contributed by atoms with E-state index in [4.69, 9.17) is 10.2 Å². The monoisotopic (exact) mass is 292 g/mol. The summed E-state index contributed by atoms with van der Waals surface area (Å²) in [4.78, 5) is 30.5. The molecule has 1 aromatic carbocycles. The van der Waals surface area contributed by atoms with Gasteiger partial charge in [-0.05, 0) is 11.6 Å². The van der Waals surface area contributed by atoms with E-state index in [0.717, 1.165) is 11.6 Å². The minimum atomic E-state index is -0.986. The number of hydrogen-bond acceptors (Lipinski definition) is 4. The molecule has 112 valence electrons. The molecule has 0 radical (unpaired) electrons. The van der Waals surface area contributed by atoms with Crippen LogP contribution < -0.4 is 0 Å². The van der Waals surface area contributed by atoms with Gasteiger partial charge in [-0.15, -0.1) is 0 Å². The van der Waals surface area contributed by atoms with E-state index in [1.807, 2.05) is 30.3 Å². The van der Waals surface area contributed by atoms with Gasteiger partial charge in [0.25, 0.3) is 0 Å². The normalized spacial score (nSPS) is 9.33. The summed E-state index contributed by atoms with van der Waals surface area (Å²) in [6, 6.07) is 9.29. The van der Waals surface area contributed by atoms with Gasteiger partial charge in [-0.25, -0.2) is 9.59 Å². The van der Waals surface area contributed by atoms with Gasteiger partial charge in [0.2, 0.25) is 0 Å². The number of rotatable bonds is 6. The lowest BCUT2D eigenvalue weighted by Gasteiger charge is -1.98. The Morgan fingerprint density at radius 1 is 1.14 bits per heavy atom. The van der Waals surface area contributed by atoms with E-state index in [0.29, 0.717) is 0 Å². The fraction of sp³-hybridized carbons (Fsp3) is 0.133. The molecule has 0 aliphatic rings. The molecule has 0 spiro atoms. The molecule has 0 unspecified atom stereocenters. The Morgan fingerprint density at radius 3 is 2.19 bits per heavy atom. The van der Waals surface area contributed by atoms with Gasteiger partial charge in [0.15, 0.2) is 0 Å². The van der Waals surface area contributed by atoms with Gasteiger partial charge in [-0.1, -0.05) is 36.9 Å². The van der Waals surface area contributed by atoms with Crippen LogP contribution in [0.3, 0.4) is 0 Å². The van der Waals surface area contributed by atoms with Crippen LogP contribution in [0, 0.1) is 0 Å². The first kappa shape index (κ1) is 18.1. The summed E-state index contributed by atoms with van der Waals surface area (Å²) in [6.45, 7) is 2.86. The number of carboxylic acid groups (broad SMARTS) is 2. The zero-order valence-electron chi connectivity index (χ0n) is 11.3. The van der Waals surface area contributed by atoms with Crippen LogP contribution in [0.1, 0.15) is 12.0 Å². The molecule has 0 atom stereocenters. The molecule has 0 aromatic heterocycles. The van der Waals surface area contributed by atoms with Crippen LogP contribution in [0.15, 0.2) is 49.1 Å². The second kappa shape index (κ2) is 11.0. The molecule has 1 aromatic rings. The van der Waals surface area contributed by atoms with Crippen LogP contribution in [0.5, 0.6) is 0 Å². The third-order valence-electron chi connectivity index (χ3n) is 1.95. The van der Waals surface area contributed by atoms with Gasteiger partial charge in [-0.2, -0.15) is 0 Å². The smallest absolute Gasteiger partial charge is 0.330 e. The van der Waals surface area contributed by atoms with Crippen molar-refractivity contribution in [3.63, 3.8) is 0 Å². The van der Waals surface area contributed by atoms with Crippen LogP contribution in [0.4, 0.5) is 0 Å². The topological polar surface area (TPSA) is 101 Å². The maximum absolute atomic E-state index is 11.1. The molecule has 0 saturated heterocycles. The minimum Gasteiger partial charge on any atom is -0.481 e. The minimum absolute atomic E-state index is 0.104. The van der Waals surface area contributed by atoms with Crippen LogP contribution in [0.25, 0.3) is 6.08 Å². The van der Waals surface area contributed by atoms with Crippen molar-refractivity contribution in [2.75, 3.05) is 6.61 Å². The van der Waals surface area contributed by atoms with Crippen molar-refractivity contribution in [1.82, 2.24) is 0 Å². The Morgan fingerprint density at radius 2 is 1.71 bits per heavy atom. The molecule has 0 saturated carbocycles. The van der Waals surface area contributed by atoms with E-state index in [-0.39, 0.29) is 13.0 Å². The molecule has 0 bridgehead atoms. The number of benzene rings is 1. The molecular formula is C15H16O6. The van der Waals surface area contributed by atoms with Gasteiger partial charge in [0.05, 0.1) is 6.42 Å². The van der Waals surface area contributed by atoms with Crippen molar-refractivity contribution < 1.29 is 29.3 Å². The molecular weight excluding hydrogens is 276 g/mol. The predicted octanol–water partition coefficient (Wildman–Crippen LogP) is 1.97. The highest BCUT2D eigenvalue weighted by Gasteiger charge is 2.00. The van der Waals surface area contributed by atoms with E-state index < -0.39 is 17.9 Å². The Kier molecular flexibility index (Phi) is 9.47. The Labute approximate surface area is 122 Å². The van der Waals surface area contributed by atoms with Crippen molar-refractivity contribution in [2.24, 2.45) is 0 Å². The third kappa shape index (κ3) is 11.9. The highest BCUT2D eigenvalue weighted by atomic mass is 16.5. The van der Waals surface area contributed by atoms with Crippen LogP contribution in [-0.2, 0) is 19.1 Å². The van der Waals surface area contributed by atoms with Gasteiger partial charge in [0.1, 0.15) is 6.61 Å². The van der Waals surface area contributed by atoms with Crippen LogP contribution >= 0.6 is 0 Å². The first-order valence-electron chi connectivity index (χ1n) is 5.92. The summed E-state index contributed by atoms with van der Waals surface area (Å²) in [5.41, 5.74) is 0.887. The van der Waals surface area contributed by atoms with Gasteiger partial charge in [0, 0.05) is 12.2 Å². The van der Waals surface area contributed by atoms with Crippen molar-refractivity contribution >= 4 is 24.0 Å². The lowest BCUT2D eigenvalue weighted by molar-refractivity contribution is -0.142. The lowest BCUT2D eigenvalue weighted by atomic mass is 10.2. The number of carbonyl (C=O) groups is 3. The quantitative estimate of drug-likeness (QED) is 0.614. The molecule has 0 aliphatic heterocycles. The number of carbonyl (C=O) groups excluding carboxylic acids is 1. The molecule has 6 nitrogen and oxygen atoms in total. The van der Waals surface area contributed by atoms with E-state index in [1.54, 1.807) is 6.08 Å². The maximum Gasteiger partial charge on any atom is 0.330 e.